The molecule has 1 aromatic rings. The smallest absolute Gasteiger partial charge is 0.191 e. The molecule has 23 heavy (non-hydrogen) atoms. The Kier molecular flexibility index (Phi) is 13.1. The van der Waals surface area contributed by atoms with E-state index in [2.05, 4.69) is 65.8 Å². The lowest BCUT2D eigenvalue weighted by molar-refractivity contribution is 0.402. The summed E-state index contributed by atoms with van der Waals surface area (Å²) in [6, 6.07) is 8.75. The van der Waals surface area contributed by atoms with E-state index in [1.54, 1.807) is 0 Å². The van der Waals surface area contributed by atoms with Gasteiger partial charge in [0.15, 0.2) is 5.96 Å². The highest BCUT2D eigenvalue weighted by Gasteiger charge is 1.99. The van der Waals surface area contributed by atoms with Crippen LogP contribution in [0.15, 0.2) is 29.3 Å². The Morgan fingerprint density at radius 1 is 1.00 bits per heavy atom. The van der Waals surface area contributed by atoms with Gasteiger partial charge in [-0.15, -0.1) is 24.0 Å². The SMILES string of the molecule is CCCCCCNC(=NC)NCc1ccc(CN(C)C)cc1.I. The van der Waals surface area contributed by atoms with Gasteiger partial charge in [0.2, 0.25) is 0 Å². The maximum atomic E-state index is 4.27. The molecule has 0 aromatic heterocycles. The summed E-state index contributed by atoms with van der Waals surface area (Å²) < 4.78 is 0. The zero-order chi connectivity index (χ0) is 16.2. The first-order valence-electron chi connectivity index (χ1n) is 8.32. The molecule has 0 aliphatic heterocycles. The normalized spacial score (nSPS) is 11.3. The molecule has 0 saturated carbocycles. The molecule has 132 valence electrons. The van der Waals surface area contributed by atoms with Crippen LogP contribution in [0.25, 0.3) is 0 Å². The third kappa shape index (κ3) is 10.5. The van der Waals surface area contributed by atoms with Gasteiger partial charge in [-0.05, 0) is 31.6 Å². The summed E-state index contributed by atoms with van der Waals surface area (Å²) in [5.41, 5.74) is 2.61. The van der Waals surface area contributed by atoms with E-state index in [0.717, 1.165) is 25.6 Å². The number of nitrogens with one attached hydrogen (secondary N) is 2. The second-order valence-electron chi connectivity index (χ2n) is 5.97. The lowest BCUT2D eigenvalue weighted by Crippen LogP contribution is -2.37. The predicted molar refractivity (Wildman–Crippen MR) is 112 cm³/mol. The van der Waals surface area contributed by atoms with Gasteiger partial charge in [0.05, 0.1) is 0 Å². The van der Waals surface area contributed by atoms with Crippen molar-refractivity contribution >= 4 is 29.9 Å². The number of hydrogen-bond donors (Lipinski definition) is 2. The van der Waals surface area contributed by atoms with E-state index in [1.165, 1.54) is 36.8 Å². The number of benzene rings is 1. The van der Waals surface area contributed by atoms with E-state index in [9.17, 15) is 0 Å². The van der Waals surface area contributed by atoms with Gasteiger partial charge >= 0.3 is 0 Å². The van der Waals surface area contributed by atoms with Crippen molar-refractivity contribution in [3.8, 4) is 0 Å². The largest absolute Gasteiger partial charge is 0.356 e. The van der Waals surface area contributed by atoms with Crippen LogP contribution in [0, 0.1) is 0 Å². The van der Waals surface area contributed by atoms with Crippen LogP contribution in [-0.2, 0) is 13.1 Å². The summed E-state index contributed by atoms with van der Waals surface area (Å²) in [6.07, 6.45) is 5.07. The highest BCUT2D eigenvalue weighted by atomic mass is 127. The van der Waals surface area contributed by atoms with Crippen molar-refractivity contribution in [3.63, 3.8) is 0 Å². The number of unbranched alkanes of at least 4 members (excludes halogenated alkanes) is 3. The van der Waals surface area contributed by atoms with Crippen LogP contribution >= 0.6 is 24.0 Å². The van der Waals surface area contributed by atoms with Gasteiger partial charge in [-0.1, -0.05) is 50.5 Å². The summed E-state index contributed by atoms with van der Waals surface area (Å²) in [7, 11) is 6.00. The van der Waals surface area contributed by atoms with Crippen molar-refractivity contribution in [2.24, 2.45) is 4.99 Å². The highest BCUT2D eigenvalue weighted by molar-refractivity contribution is 14.0. The maximum Gasteiger partial charge on any atom is 0.191 e. The van der Waals surface area contributed by atoms with Gasteiger partial charge in [-0.2, -0.15) is 0 Å². The lowest BCUT2D eigenvalue weighted by atomic mass is 10.1. The molecule has 0 unspecified atom stereocenters. The van der Waals surface area contributed by atoms with Crippen LogP contribution in [0.1, 0.15) is 43.7 Å². The first-order valence-corrected chi connectivity index (χ1v) is 8.32. The van der Waals surface area contributed by atoms with Crippen LogP contribution in [-0.4, -0.2) is 38.5 Å². The Hall–Kier alpha value is -0.820. The van der Waals surface area contributed by atoms with E-state index in [0.29, 0.717) is 0 Å². The zero-order valence-corrected chi connectivity index (χ0v) is 17.4. The van der Waals surface area contributed by atoms with Gasteiger partial charge in [-0.3, -0.25) is 4.99 Å². The average Bonchev–Trinajstić information content (AvgIpc) is 2.51. The van der Waals surface area contributed by atoms with E-state index in [1.807, 2.05) is 7.05 Å². The van der Waals surface area contributed by atoms with Crippen molar-refractivity contribution in [3.05, 3.63) is 35.4 Å². The first-order chi connectivity index (χ1) is 10.7. The van der Waals surface area contributed by atoms with E-state index >= 15 is 0 Å². The fourth-order valence-corrected chi connectivity index (χ4v) is 2.29. The van der Waals surface area contributed by atoms with Crippen LogP contribution in [0.3, 0.4) is 0 Å². The summed E-state index contributed by atoms with van der Waals surface area (Å²) in [6.45, 7) is 5.00. The third-order valence-corrected chi connectivity index (χ3v) is 3.53. The molecule has 0 heterocycles. The number of halogens is 1. The number of aliphatic imine (C=N–C) groups is 1. The maximum absolute atomic E-state index is 4.27. The molecule has 0 spiro atoms. The molecule has 4 nitrogen and oxygen atoms in total. The standard InChI is InChI=1S/C18H32N4.HI/c1-5-6-7-8-13-20-18(19-2)21-14-16-9-11-17(12-10-16)15-22(3)4;/h9-12H,5-8,13-15H2,1-4H3,(H2,19,20,21);1H. The van der Waals surface area contributed by atoms with Crippen molar-refractivity contribution in [2.45, 2.75) is 45.7 Å². The van der Waals surface area contributed by atoms with Crippen LogP contribution in [0.2, 0.25) is 0 Å². The van der Waals surface area contributed by atoms with Crippen LogP contribution in [0.4, 0.5) is 0 Å². The van der Waals surface area contributed by atoms with E-state index < -0.39 is 0 Å². The van der Waals surface area contributed by atoms with Crippen LogP contribution in [0.5, 0.6) is 0 Å². The average molecular weight is 432 g/mol. The van der Waals surface area contributed by atoms with E-state index in [-0.39, 0.29) is 24.0 Å². The van der Waals surface area contributed by atoms with Gasteiger partial charge in [-0.25, -0.2) is 0 Å². The molecule has 0 bridgehead atoms. The Labute approximate surface area is 159 Å². The summed E-state index contributed by atoms with van der Waals surface area (Å²) in [4.78, 5) is 6.44. The van der Waals surface area contributed by atoms with Gasteiger partial charge in [0.1, 0.15) is 0 Å². The number of rotatable bonds is 9. The first kappa shape index (κ1) is 22.2. The zero-order valence-electron chi connectivity index (χ0n) is 15.1. The quantitative estimate of drug-likeness (QED) is 0.271. The number of guanidine groups is 1. The summed E-state index contributed by atoms with van der Waals surface area (Å²) in [5.74, 6) is 0.883. The Morgan fingerprint density at radius 2 is 1.65 bits per heavy atom. The van der Waals surface area contributed by atoms with Crippen molar-refractivity contribution in [1.82, 2.24) is 15.5 Å². The van der Waals surface area contributed by atoms with Gasteiger partial charge in [0.25, 0.3) is 0 Å². The third-order valence-electron chi connectivity index (χ3n) is 3.53. The molecular formula is C18H33IN4. The molecule has 0 fully saturated rings. The second-order valence-corrected chi connectivity index (χ2v) is 5.97. The highest BCUT2D eigenvalue weighted by Crippen LogP contribution is 2.06. The molecule has 2 N–H and O–H groups in total. The topological polar surface area (TPSA) is 39.7 Å². The fraction of sp³-hybridized carbons (Fsp3) is 0.611. The molecule has 0 atom stereocenters. The lowest BCUT2D eigenvalue weighted by Gasteiger charge is -2.13. The Morgan fingerprint density at radius 3 is 2.22 bits per heavy atom. The van der Waals surface area contributed by atoms with Gasteiger partial charge < -0.3 is 15.5 Å². The Bertz CT molecular complexity index is 429. The van der Waals surface area contributed by atoms with Crippen molar-refractivity contribution < 1.29 is 0 Å². The number of nitrogens with zero attached hydrogens (tertiary/aromatic N) is 2. The molecule has 1 aromatic carbocycles. The molecule has 0 amide bonds. The molecule has 0 aliphatic rings. The molecular weight excluding hydrogens is 399 g/mol. The molecule has 0 saturated heterocycles. The molecule has 5 heteroatoms. The Balaban J connectivity index is 0.00000484. The minimum atomic E-state index is 0. The van der Waals surface area contributed by atoms with Crippen molar-refractivity contribution in [1.29, 1.82) is 0 Å². The summed E-state index contributed by atoms with van der Waals surface area (Å²) in [5, 5.41) is 6.73. The predicted octanol–water partition coefficient (Wildman–Crippen LogP) is 3.61. The van der Waals surface area contributed by atoms with Gasteiger partial charge in [0, 0.05) is 26.7 Å². The van der Waals surface area contributed by atoms with Crippen LogP contribution < -0.4 is 10.6 Å². The minimum absolute atomic E-state index is 0. The van der Waals surface area contributed by atoms with E-state index in [4.69, 9.17) is 0 Å². The summed E-state index contributed by atoms with van der Waals surface area (Å²) >= 11 is 0. The van der Waals surface area contributed by atoms with Crippen molar-refractivity contribution in [2.75, 3.05) is 27.7 Å². The fourth-order valence-electron chi connectivity index (χ4n) is 2.29. The monoisotopic (exact) mass is 432 g/mol. The molecule has 1 rings (SSSR count). The minimum Gasteiger partial charge on any atom is -0.356 e. The molecule has 0 radical (unpaired) electrons. The molecule has 0 aliphatic carbocycles. The number of hydrogen-bond acceptors (Lipinski definition) is 2. The second kappa shape index (κ2) is 13.6.